The highest BCUT2D eigenvalue weighted by molar-refractivity contribution is 6.51. The normalized spacial score (nSPS) is 16.6. The zero-order chi connectivity index (χ0) is 26.9. The summed E-state index contributed by atoms with van der Waals surface area (Å²) < 4.78 is 15.7. The number of rotatable bonds is 6. The molecule has 3 aromatic rings. The maximum Gasteiger partial charge on any atom is 0.308 e. The lowest BCUT2D eigenvalue weighted by atomic mass is 9.95. The van der Waals surface area contributed by atoms with Crippen LogP contribution in [0.15, 0.2) is 66.2 Å². The molecule has 1 fully saturated rings. The first kappa shape index (κ1) is 26.1. The maximum absolute atomic E-state index is 13.4. The van der Waals surface area contributed by atoms with E-state index in [1.807, 2.05) is 0 Å². The van der Waals surface area contributed by atoms with Crippen LogP contribution in [0.5, 0.6) is 17.2 Å². The fourth-order valence-corrected chi connectivity index (χ4v) is 4.78. The van der Waals surface area contributed by atoms with E-state index in [9.17, 15) is 19.5 Å². The SMILES string of the molecule is COc1cccc(N2C(=O)C(=O)/C(=C(/O)c3cc(Cl)c(OC)c(Cl)c3)C2c2cccc(OC(C)=O)c2)c1. The molecule has 4 rings (SSSR count). The standard InChI is InChI=1S/C27H21Cl2NO7/c1-14(31)37-19-9-4-6-15(10-19)23-22(24(32)16-11-20(28)26(36-3)21(29)12-16)25(33)27(34)30(23)17-7-5-8-18(13-17)35-2/h4-13,23,32H,1-3H3/b24-22+. The van der Waals surface area contributed by atoms with Gasteiger partial charge >= 0.3 is 5.97 Å². The molecule has 0 aliphatic carbocycles. The van der Waals surface area contributed by atoms with E-state index in [-0.39, 0.29) is 32.7 Å². The van der Waals surface area contributed by atoms with Gasteiger partial charge in [0.1, 0.15) is 17.3 Å². The number of amides is 1. The third kappa shape index (κ3) is 4.98. The number of hydrogen-bond acceptors (Lipinski definition) is 7. The maximum atomic E-state index is 13.4. The Morgan fingerprint density at radius 3 is 2.19 bits per heavy atom. The zero-order valence-corrected chi connectivity index (χ0v) is 21.5. The summed E-state index contributed by atoms with van der Waals surface area (Å²) in [5.41, 5.74) is 0.674. The Morgan fingerprint density at radius 1 is 0.919 bits per heavy atom. The highest BCUT2D eigenvalue weighted by atomic mass is 35.5. The molecule has 8 nitrogen and oxygen atoms in total. The zero-order valence-electron chi connectivity index (χ0n) is 20.0. The summed E-state index contributed by atoms with van der Waals surface area (Å²) in [7, 11) is 2.87. The molecule has 0 bridgehead atoms. The van der Waals surface area contributed by atoms with Crippen LogP contribution in [0.3, 0.4) is 0 Å². The first-order valence-electron chi connectivity index (χ1n) is 10.9. The number of halogens is 2. The van der Waals surface area contributed by atoms with Gasteiger partial charge in [0.15, 0.2) is 5.75 Å². The molecule has 0 spiro atoms. The number of nitrogens with zero attached hydrogens (tertiary/aromatic N) is 1. The Bertz CT molecular complexity index is 1430. The van der Waals surface area contributed by atoms with E-state index < -0.39 is 29.5 Å². The van der Waals surface area contributed by atoms with Crippen LogP contribution in [0.1, 0.15) is 24.1 Å². The Hall–Kier alpha value is -4.01. The van der Waals surface area contributed by atoms with Crippen LogP contribution in [0.25, 0.3) is 5.76 Å². The van der Waals surface area contributed by atoms with Crippen LogP contribution in [-0.4, -0.2) is 37.0 Å². The molecular formula is C27H21Cl2NO7. The molecule has 0 radical (unpaired) electrons. The lowest BCUT2D eigenvalue weighted by Gasteiger charge is -2.26. The van der Waals surface area contributed by atoms with E-state index in [1.54, 1.807) is 42.5 Å². The predicted molar refractivity (Wildman–Crippen MR) is 139 cm³/mol. The number of hydrogen-bond donors (Lipinski definition) is 1. The summed E-state index contributed by atoms with van der Waals surface area (Å²) in [6.45, 7) is 1.26. The Labute approximate surface area is 222 Å². The van der Waals surface area contributed by atoms with Gasteiger partial charge in [-0.2, -0.15) is 0 Å². The number of methoxy groups -OCH3 is 2. The van der Waals surface area contributed by atoms with Crippen molar-refractivity contribution in [2.75, 3.05) is 19.1 Å². The molecule has 37 heavy (non-hydrogen) atoms. The number of esters is 1. The van der Waals surface area contributed by atoms with Gasteiger partial charge in [-0.05, 0) is 42.0 Å². The number of aliphatic hydroxyl groups is 1. The second-order valence-corrected chi connectivity index (χ2v) is 8.82. The number of Topliss-reactive ketones (excluding diaryl/α,β-unsaturated/α-hetero) is 1. The van der Waals surface area contributed by atoms with Crippen molar-refractivity contribution in [3.8, 4) is 17.2 Å². The van der Waals surface area contributed by atoms with Gasteiger partial charge in [0.05, 0.1) is 35.9 Å². The Kier molecular flexibility index (Phi) is 7.42. The molecule has 1 aliphatic rings. The van der Waals surface area contributed by atoms with Crippen molar-refractivity contribution >= 4 is 52.3 Å². The van der Waals surface area contributed by atoms with Gasteiger partial charge in [-0.1, -0.05) is 41.4 Å². The van der Waals surface area contributed by atoms with Crippen LogP contribution >= 0.6 is 23.2 Å². The second kappa shape index (κ2) is 10.5. The molecule has 1 aliphatic heterocycles. The van der Waals surface area contributed by atoms with Gasteiger partial charge in [0.2, 0.25) is 0 Å². The number of carbonyl (C=O) groups excluding carboxylic acids is 3. The average molecular weight is 542 g/mol. The number of ketones is 1. The molecule has 1 saturated heterocycles. The topological polar surface area (TPSA) is 102 Å². The molecule has 1 amide bonds. The quantitative estimate of drug-likeness (QED) is 0.143. The van der Waals surface area contributed by atoms with Gasteiger partial charge in [-0.3, -0.25) is 19.3 Å². The summed E-state index contributed by atoms with van der Waals surface area (Å²) in [4.78, 5) is 39.5. The van der Waals surface area contributed by atoms with Crippen LogP contribution in [0.4, 0.5) is 5.69 Å². The smallest absolute Gasteiger partial charge is 0.308 e. The minimum Gasteiger partial charge on any atom is -0.507 e. The summed E-state index contributed by atoms with van der Waals surface area (Å²) in [5.74, 6) is -1.96. The van der Waals surface area contributed by atoms with Crippen LogP contribution in [0, 0.1) is 0 Å². The minimum atomic E-state index is -1.08. The van der Waals surface area contributed by atoms with Crippen molar-refractivity contribution in [1.82, 2.24) is 0 Å². The van der Waals surface area contributed by atoms with E-state index in [4.69, 9.17) is 37.4 Å². The van der Waals surface area contributed by atoms with Crippen LogP contribution < -0.4 is 19.1 Å². The number of aliphatic hydroxyl groups excluding tert-OH is 1. The Morgan fingerprint density at radius 2 is 1.57 bits per heavy atom. The van der Waals surface area contributed by atoms with Gasteiger partial charge in [0, 0.05) is 24.2 Å². The third-order valence-corrected chi connectivity index (χ3v) is 6.25. The summed E-state index contributed by atoms with van der Waals surface area (Å²) >= 11 is 12.5. The summed E-state index contributed by atoms with van der Waals surface area (Å²) in [5, 5.41) is 11.6. The third-order valence-electron chi connectivity index (χ3n) is 5.69. The van der Waals surface area contributed by atoms with Crippen molar-refractivity contribution in [2.24, 2.45) is 0 Å². The highest BCUT2D eigenvalue weighted by Crippen LogP contribution is 2.44. The van der Waals surface area contributed by atoms with E-state index in [0.717, 1.165) is 0 Å². The fourth-order valence-electron chi connectivity index (χ4n) is 4.14. The molecule has 0 saturated carbocycles. The van der Waals surface area contributed by atoms with E-state index in [2.05, 4.69) is 0 Å². The highest BCUT2D eigenvalue weighted by Gasteiger charge is 2.47. The molecule has 1 atom stereocenters. The molecule has 190 valence electrons. The summed E-state index contributed by atoms with van der Waals surface area (Å²) in [6.07, 6.45) is 0. The molecule has 1 heterocycles. The van der Waals surface area contributed by atoms with Crippen molar-refractivity contribution in [2.45, 2.75) is 13.0 Å². The monoisotopic (exact) mass is 541 g/mol. The number of benzene rings is 3. The van der Waals surface area contributed by atoms with E-state index >= 15 is 0 Å². The number of carbonyl (C=O) groups is 3. The van der Waals surface area contributed by atoms with Crippen LogP contribution in [0.2, 0.25) is 10.0 Å². The van der Waals surface area contributed by atoms with E-state index in [1.165, 1.54) is 44.2 Å². The molecule has 1 N–H and O–H groups in total. The predicted octanol–water partition coefficient (Wildman–Crippen LogP) is 5.56. The van der Waals surface area contributed by atoms with Crippen molar-refractivity contribution < 1.29 is 33.7 Å². The van der Waals surface area contributed by atoms with Crippen LogP contribution in [-0.2, 0) is 14.4 Å². The lowest BCUT2D eigenvalue weighted by molar-refractivity contribution is -0.132. The minimum absolute atomic E-state index is 0.104. The molecule has 10 heteroatoms. The average Bonchev–Trinajstić information content (AvgIpc) is 3.13. The number of anilines is 1. The number of ether oxygens (including phenoxy) is 3. The van der Waals surface area contributed by atoms with E-state index in [0.29, 0.717) is 17.0 Å². The van der Waals surface area contributed by atoms with Crippen molar-refractivity contribution in [3.63, 3.8) is 0 Å². The second-order valence-electron chi connectivity index (χ2n) is 8.01. The molecule has 0 aromatic heterocycles. The Balaban J connectivity index is 1.97. The van der Waals surface area contributed by atoms with Crippen molar-refractivity contribution in [3.05, 3.63) is 87.4 Å². The van der Waals surface area contributed by atoms with Gasteiger partial charge in [-0.15, -0.1) is 0 Å². The van der Waals surface area contributed by atoms with Gasteiger partial charge in [-0.25, -0.2) is 0 Å². The summed E-state index contributed by atoms with van der Waals surface area (Å²) in [6, 6.07) is 14.6. The molecule has 1 unspecified atom stereocenters. The first-order valence-corrected chi connectivity index (χ1v) is 11.7. The molecular weight excluding hydrogens is 521 g/mol. The molecule has 3 aromatic carbocycles. The lowest BCUT2D eigenvalue weighted by Crippen LogP contribution is -2.29. The van der Waals surface area contributed by atoms with Gasteiger partial charge in [0.25, 0.3) is 11.7 Å². The first-order chi connectivity index (χ1) is 17.7. The van der Waals surface area contributed by atoms with Gasteiger partial charge < -0.3 is 19.3 Å². The fraction of sp³-hybridized carbons (Fsp3) is 0.148. The van der Waals surface area contributed by atoms with Crippen molar-refractivity contribution in [1.29, 1.82) is 0 Å². The largest absolute Gasteiger partial charge is 0.507 e.